The molecule has 0 heterocycles. The van der Waals surface area contributed by atoms with Gasteiger partial charge in [0.15, 0.2) is 0 Å². The molecule has 1 rings (SSSR count). The number of nitrogens with two attached hydrogens (primary N) is 1. The van der Waals surface area contributed by atoms with E-state index >= 15 is 0 Å². The second-order valence-corrected chi connectivity index (χ2v) is 1.90. The van der Waals surface area contributed by atoms with Crippen molar-refractivity contribution in [1.29, 1.82) is 0 Å². The summed E-state index contributed by atoms with van der Waals surface area (Å²) in [6.07, 6.45) is 6.69. The van der Waals surface area contributed by atoms with E-state index in [1.165, 1.54) is 12.2 Å². The van der Waals surface area contributed by atoms with E-state index in [2.05, 4.69) is 0 Å². The maximum atomic E-state index is 12.3. The Balaban J connectivity index is 2.80. The minimum atomic E-state index is -0.240. The van der Waals surface area contributed by atoms with Crippen LogP contribution in [0.1, 0.15) is 6.42 Å². The molecule has 0 radical (unpaired) electrons. The van der Waals surface area contributed by atoms with E-state index in [1.54, 1.807) is 12.2 Å². The van der Waals surface area contributed by atoms with Crippen molar-refractivity contribution in [1.82, 2.24) is 0 Å². The Hall–Kier alpha value is -1.05. The summed E-state index contributed by atoms with van der Waals surface area (Å²) in [5, 5.41) is 0. The average Bonchev–Trinajstić information content (AvgIpc) is 1.97. The van der Waals surface area contributed by atoms with Crippen LogP contribution in [0, 0.1) is 0 Å². The highest BCUT2D eigenvalue weighted by Crippen LogP contribution is 2.07. The normalized spacial score (nSPS) is 18.3. The molecular formula is C7H8FN. The molecule has 0 amide bonds. The molecule has 0 fully saturated rings. The van der Waals surface area contributed by atoms with Gasteiger partial charge < -0.3 is 5.73 Å². The summed E-state index contributed by atoms with van der Waals surface area (Å²) < 4.78 is 12.3. The second-order valence-electron chi connectivity index (χ2n) is 1.90. The lowest BCUT2D eigenvalue weighted by atomic mass is 10.3. The Kier molecular flexibility index (Phi) is 1.68. The van der Waals surface area contributed by atoms with Crippen LogP contribution in [0.15, 0.2) is 35.8 Å². The Morgan fingerprint density at radius 1 is 1.44 bits per heavy atom. The van der Waals surface area contributed by atoms with Crippen molar-refractivity contribution in [2.75, 3.05) is 0 Å². The third-order valence-corrected chi connectivity index (χ3v) is 1.09. The van der Waals surface area contributed by atoms with Gasteiger partial charge >= 0.3 is 0 Å². The van der Waals surface area contributed by atoms with Gasteiger partial charge in [-0.3, -0.25) is 0 Å². The van der Waals surface area contributed by atoms with Crippen molar-refractivity contribution < 1.29 is 4.39 Å². The monoisotopic (exact) mass is 125 g/mol. The Labute approximate surface area is 53.4 Å². The number of allylic oxidation sites excluding steroid dienone is 5. The predicted molar refractivity (Wildman–Crippen MR) is 35.2 cm³/mol. The lowest BCUT2D eigenvalue weighted by Gasteiger charge is -1.87. The van der Waals surface area contributed by atoms with Crippen LogP contribution in [0.5, 0.6) is 0 Å². The molecule has 2 N–H and O–H groups in total. The highest BCUT2D eigenvalue weighted by Gasteiger charge is 1.91. The van der Waals surface area contributed by atoms with Crippen molar-refractivity contribution >= 4 is 0 Å². The predicted octanol–water partition coefficient (Wildman–Crippen LogP) is 1.64. The quantitative estimate of drug-likeness (QED) is 0.523. The van der Waals surface area contributed by atoms with Crippen molar-refractivity contribution in [3.8, 4) is 0 Å². The smallest absolute Gasteiger partial charge is 0.122 e. The van der Waals surface area contributed by atoms with Gasteiger partial charge in [-0.15, -0.1) is 0 Å². The third-order valence-electron chi connectivity index (χ3n) is 1.09. The maximum Gasteiger partial charge on any atom is 0.122 e. The first-order valence-corrected chi connectivity index (χ1v) is 2.77. The highest BCUT2D eigenvalue weighted by molar-refractivity contribution is 5.25. The number of hydrogen-bond donors (Lipinski definition) is 1. The van der Waals surface area contributed by atoms with Crippen LogP contribution in [0.25, 0.3) is 0 Å². The van der Waals surface area contributed by atoms with Gasteiger partial charge in [0.05, 0.1) is 0 Å². The van der Waals surface area contributed by atoms with Crippen LogP contribution in [0.4, 0.5) is 4.39 Å². The van der Waals surface area contributed by atoms with Crippen LogP contribution in [-0.2, 0) is 0 Å². The number of rotatable bonds is 0. The summed E-state index contributed by atoms with van der Waals surface area (Å²) in [5.74, 6) is -0.240. The summed E-state index contributed by atoms with van der Waals surface area (Å²) in [7, 11) is 0. The Morgan fingerprint density at radius 3 is 3.00 bits per heavy atom. The van der Waals surface area contributed by atoms with Gasteiger partial charge in [0, 0.05) is 12.1 Å². The van der Waals surface area contributed by atoms with Crippen molar-refractivity contribution in [2.45, 2.75) is 6.42 Å². The number of hydrogen-bond acceptors (Lipinski definition) is 1. The zero-order valence-electron chi connectivity index (χ0n) is 4.97. The summed E-state index contributed by atoms with van der Waals surface area (Å²) in [6, 6.07) is 0. The topological polar surface area (TPSA) is 26.0 Å². The minimum absolute atomic E-state index is 0.240. The lowest BCUT2D eigenvalue weighted by molar-refractivity contribution is 0.667. The van der Waals surface area contributed by atoms with Gasteiger partial charge in [-0.1, -0.05) is 6.08 Å². The van der Waals surface area contributed by atoms with E-state index in [-0.39, 0.29) is 5.83 Å². The van der Waals surface area contributed by atoms with Crippen molar-refractivity contribution in [3.63, 3.8) is 0 Å². The molecule has 0 unspecified atom stereocenters. The van der Waals surface area contributed by atoms with Gasteiger partial charge in [0.25, 0.3) is 0 Å². The third kappa shape index (κ3) is 1.72. The fourth-order valence-corrected chi connectivity index (χ4v) is 0.618. The molecular weight excluding hydrogens is 117 g/mol. The van der Waals surface area contributed by atoms with Gasteiger partial charge in [0.2, 0.25) is 0 Å². The van der Waals surface area contributed by atoms with E-state index in [0.29, 0.717) is 12.1 Å². The maximum absolute atomic E-state index is 12.3. The van der Waals surface area contributed by atoms with Crippen molar-refractivity contribution in [2.24, 2.45) is 5.73 Å². The first kappa shape index (κ1) is 6.08. The van der Waals surface area contributed by atoms with Crippen LogP contribution >= 0.6 is 0 Å². The van der Waals surface area contributed by atoms with Crippen LogP contribution in [0.2, 0.25) is 0 Å². The van der Waals surface area contributed by atoms with Crippen molar-refractivity contribution in [3.05, 3.63) is 35.8 Å². The molecule has 1 nitrogen and oxygen atoms in total. The Bertz CT molecular complexity index is 189. The first-order chi connectivity index (χ1) is 4.29. The van der Waals surface area contributed by atoms with Gasteiger partial charge in [-0.2, -0.15) is 0 Å². The zero-order valence-corrected chi connectivity index (χ0v) is 4.97. The van der Waals surface area contributed by atoms with Gasteiger partial charge in [-0.05, 0) is 18.2 Å². The largest absolute Gasteiger partial charge is 0.402 e. The average molecular weight is 125 g/mol. The number of halogens is 1. The molecule has 1 aliphatic carbocycles. The SMILES string of the molecule is NC1=CC=C(F)C=CC1. The van der Waals surface area contributed by atoms with E-state index in [4.69, 9.17) is 5.73 Å². The van der Waals surface area contributed by atoms with E-state index in [9.17, 15) is 4.39 Å². The van der Waals surface area contributed by atoms with Crippen LogP contribution in [0.3, 0.4) is 0 Å². The van der Waals surface area contributed by atoms with Gasteiger partial charge in [0.1, 0.15) is 5.83 Å². The van der Waals surface area contributed by atoms with E-state index in [1.807, 2.05) is 0 Å². The van der Waals surface area contributed by atoms with Crippen LogP contribution in [-0.4, -0.2) is 0 Å². The molecule has 9 heavy (non-hydrogen) atoms. The van der Waals surface area contributed by atoms with E-state index in [0.717, 1.165) is 0 Å². The molecule has 2 heteroatoms. The molecule has 0 aromatic rings. The van der Waals surface area contributed by atoms with Gasteiger partial charge in [-0.25, -0.2) is 4.39 Å². The lowest BCUT2D eigenvalue weighted by Crippen LogP contribution is -1.92. The summed E-state index contributed by atoms with van der Waals surface area (Å²) >= 11 is 0. The summed E-state index contributed by atoms with van der Waals surface area (Å²) in [5.41, 5.74) is 6.09. The first-order valence-electron chi connectivity index (χ1n) is 2.77. The molecule has 0 bridgehead atoms. The summed E-state index contributed by atoms with van der Waals surface area (Å²) in [6.45, 7) is 0. The fraction of sp³-hybridized carbons (Fsp3) is 0.143. The molecule has 1 aliphatic rings. The fourth-order valence-electron chi connectivity index (χ4n) is 0.618. The standard InChI is InChI=1S/C7H8FN/c8-6-2-1-3-7(9)5-4-6/h1-2,4-5H,3,9H2. The molecule has 0 saturated heterocycles. The molecule has 0 aliphatic heterocycles. The Morgan fingerprint density at radius 2 is 2.22 bits per heavy atom. The molecule has 0 atom stereocenters. The molecule has 0 aromatic carbocycles. The summed E-state index contributed by atoms with van der Waals surface area (Å²) in [4.78, 5) is 0. The molecule has 48 valence electrons. The van der Waals surface area contributed by atoms with Crippen LogP contribution < -0.4 is 5.73 Å². The molecule has 0 aromatic heterocycles. The molecule has 0 spiro atoms. The highest BCUT2D eigenvalue weighted by atomic mass is 19.1. The minimum Gasteiger partial charge on any atom is -0.402 e. The molecule has 0 saturated carbocycles. The van der Waals surface area contributed by atoms with E-state index < -0.39 is 0 Å². The second kappa shape index (κ2) is 2.49. The zero-order chi connectivity index (χ0) is 6.69.